The highest BCUT2D eigenvalue weighted by molar-refractivity contribution is 7.80. The molecular formula is C15H24S. The minimum absolute atomic E-state index is 0.247. The molecular weight excluding hydrogens is 212 g/mol. The molecule has 0 saturated heterocycles. The lowest BCUT2D eigenvalue weighted by Gasteiger charge is -2.37. The van der Waals surface area contributed by atoms with Crippen molar-refractivity contribution < 1.29 is 0 Å². The zero-order valence-electron chi connectivity index (χ0n) is 10.9. The fraction of sp³-hybridized carbons (Fsp3) is 0.600. The Morgan fingerprint density at radius 1 is 1.12 bits per heavy atom. The predicted octanol–water partition coefficient (Wildman–Crippen LogP) is 4.56. The van der Waals surface area contributed by atoms with Crippen molar-refractivity contribution in [3.05, 3.63) is 35.9 Å². The molecule has 2 unspecified atom stereocenters. The van der Waals surface area contributed by atoms with Crippen LogP contribution in [-0.4, -0.2) is 5.75 Å². The van der Waals surface area contributed by atoms with Crippen molar-refractivity contribution in [2.45, 2.75) is 39.5 Å². The molecule has 0 spiro atoms. The Morgan fingerprint density at radius 3 is 2.12 bits per heavy atom. The first kappa shape index (κ1) is 13.6. The van der Waals surface area contributed by atoms with Crippen LogP contribution in [0.4, 0.5) is 0 Å². The van der Waals surface area contributed by atoms with E-state index in [4.69, 9.17) is 0 Å². The quantitative estimate of drug-likeness (QED) is 0.712. The molecule has 0 aliphatic heterocycles. The fourth-order valence-electron chi connectivity index (χ4n) is 2.47. The number of hydrogen-bond donors (Lipinski definition) is 1. The molecule has 0 nitrogen and oxygen atoms in total. The third-order valence-electron chi connectivity index (χ3n) is 3.63. The Bertz CT molecular complexity index is 304. The van der Waals surface area contributed by atoms with Gasteiger partial charge in [-0.1, -0.05) is 58.0 Å². The van der Waals surface area contributed by atoms with Crippen LogP contribution in [0.25, 0.3) is 0 Å². The molecule has 0 fully saturated rings. The van der Waals surface area contributed by atoms with E-state index < -0.39 is 0 Å². The summed E-state index contributed by atoms with van der Waals surface area (Å²) < 4.78 is 0. The Kier molecular flexibility index (Phi) is 4.91. The van der Waals surface area contributed by atoms with Crippen molar-refractivity contribution in [3.63, 3.8) is 0 Å². The summed E-state index contributed by atoms with van der Waals surface area (Å²) in [6.45, 7) is 9.28. The van der Waals surface area contributed by atoms with Gasteiger partial charge in [0.2, 0.25) is 0 Å². The average Bonchev–Trinajstić information content (AvgIpc) is 2.28. The molecule has 1 rings (SSSR count). The zero-order valence-corrected chi connectivity index (χ0v) is 11.8. The van der Waals surface area contributed by atoms with E-state index in [9.17, 15) is 0 Å². The van der Waals surface area contributed by atoms with Crippen LogP contribution in [0, 0.1) is 11.8 Å². The van der Waals surface area contributed by atoms with Gasteiger partial charge in [-0.05, 0) is 35.0 Å². The Hall–Kier alpha value is -0.430. The van der Waals surface area contributed by atoms with Crippen molar-refractivity contribution in [3.8, 4) is 0 Å². The van der Waals surface area contributed by atoms with Crippen molar-refractivity contribution in [2.75, 3.05) is 5.75 Å². The maximum atomic E-state index is 4.48. The second-order valence-electron chi connectivity index (χ2n) is 5.47. The number of rotatable bonds is 5. The predicted molar refractivity (Wildman–Crippen MR) is 76.3 cm³/mol. The molecule has 0 N–H and O–H groups in total. The lowest BCUT2D eigenvalue weighted by atomic mass is 9.68. The highest BCUT2D eigenvalue weighted by atomic mass is 32.1. The number of benzene rings is 1. The standard InChI is InChI=1S/C15H24S/c1-12(2)10-15(4,13(3)11-16)14-8-6-5-7-9-14/h5-9,12-13,16H,10-11H2,1-4H3. The zero-order chi connectivity index (χ0) is 12.2. The van der Waals surface area contributed by atoms with Crippen LogP contribution in [0.1, 0.15) is 39.7 Å². The van der Waals surface area contributed by atoms with Crippen LogP contribution in [0.2, 0.25) is 0 Å². The maximum absolute atomic E-state index is 4.48. The van der Waals surface area contributed by atoms with E-state index in [1.807, 2.05) is 0 Å². The van der Waals surface area contributed by atoms with E-state index in [0.717, 1.165) is 5.75 Å². The van der Waals surface area contributed by atoms with Crippen LogP contribution in [0.15, 0.2) is 30.3 Å². The van der Waals surface area contributed by atoms with E-state index in [2.05, 4.69) is 70.7 Å². The maximum Gasteiger partial charge on any atom is -0.00395 e. The highest BCUT2D eigenvalue weighted by Gasteiger charge is 2.32. The Labute approximate surface area is 106 Å². The van der Waals surface area contributed by atoms with Crippen molar-refractivity contribution >= 4 is 12.6 Å². The molecule has 0 bridgehead atoms. The van der Waals surface area contributed by atoms with Gasteiger partial charge in [0, 0.05) is 0 Å². The lowest BCUT2D eigenvalue weighted by molar-refractivity contribution is 0.281. The van der Waals surface area contributed by atoms with E-state index in [0.29, 0.717) is 11.8 Å². The highest BCUT2D eigenvalue weighted by Crippen LogP contribution is 2.38. The summed E-state index contributed by atoms with van der Waals surface area (Å²) >= 11 is 4.48. The molecule has 0 aliphatic rings. The molecule has 1 aromatic rings. The summed E-state index contributed by atoms with van der Waals surface area (Å²) in [6, 6.07) is 10.9. The van der Waals surface area contributed by atoms with Crippen molar-refractivity contribution in [1.82, 2.24) is 0 Å². The van der Waals surface area contributed by atoms with Crippen LogP contribution in [0.3, 0.4) is 0 Å². The molecule has 90 valence electrons. The minimum Gasteiger partial charge on any atom is -0.179 e. The molecule has 1 aromatic carbocycles. The first-order chi connectivity index (χ1) is 7.50. The second-order valence-corrected chi connectivity index (χ2v) is 5.83. The first-order valence-corrected chi connectivity index (χ1v) is 6.80. The fourth-order valence-corrected chi connectivity index (χ4v) is 2.87. The summed E-state index contributed by atoms with van der Waals surface area (Å²) in [7, 11) is 0. The average molecular weight is 236 g/mol. The van der Waals surface area contributed by atoms with E-state index in [1.165, 1.54) is 12.0 Å². The molecule has 0 aromatic heterocycles. The van der Waals surface area contributed by atoms with Gasteiger partial charge in [-0.3, -0.25) is 0 Å². The van der Waals surface area contributed by atoms with Crippen LogP contribution in [0.5, 0.6) is 0 Å². The molecule has 0 saturated carbocycles. The van der Waals surface area contributed by atoms with Crippen LogP contribution >= 0.6 is 12.6 Å². The summed E-state index contributed by atoms with van der Waals surface area (Å²) in [5.41, 5.74) is 1.70. The van der Waals surface area contributed by atoms with E-state index in [-0.39, 0.29) is 5.41 Å². The van der Waals surface area contributed by atoms with Gasteiger partial charge in [0.25, 0.3) is 0 Å². The van der Waals surface area contributed by atoms with E-state index in [1.54, 1.807) is 0 Å². The molecule has 0 amide bonds. The third kappa shape index (κ3) is 3.04. The lowest BCUT2D eigenvalue weighted by Crippen LogP contribution is -2.33. The van der Waals surface area contributed by atoms with Gasteiger partial charge in [-0.15, -0.1) is 0 Å². The molecule has 0 heterocycles. The molecule has 1 heteroatoms. The van der Waals surface area contributed by atoms with Gasteiger partial charge < -0.3 is 0 Å². The van der Waals surface area contributed by atoms with Crippen molar-refractivity contribution in [1.29, 1.82) is 0 Å². The second kappa shape index (κ2) is 5.77. The molecule has 16 heavy (non-hydrogen) atoms. The monoisotopic (exact) mass is 236 g/mol. The summed E-state index contributed by atoms with van der Waals surface area (Å²) in [5.74, 6) is 2.26. The number of hydrogen-bond acceptors (Lipinski definition) is 1. The van der Waals surface area contributed by atoms with E-state index >= 15 is 0 Å². The van der Waals surface area contributed by atoms with Gasteiger partial charge in [0.05, 0.1) is 0 Å². The minimum atomic E-state index is 0.247. The molecule has 0 radical (unpaired) electrons. The van der Waals surface area contributed by atoms with Crippen LogP contribution < -0.4 is 0 Å². The number of thiol groups is 1. The first-order valence-electron chi connectivity index (χ1n) is 6.17. The summed E-state index contributed by atoms with van der Waals surface area (Å²) in [6.07, 6.45) is 1.22. The van der Waals surface area contributed by atoms with Crippen molar-refractivity contribution in [2.24, 2.45) is 11.8 Å². The van der Waals surface area contributed by atoms with Crippen LogP contribution in [-0.2, 0) is 5.41 Å². The van der Waals surface area contributed by atoms with Gasteiger partial charge >= 0.3 is 0 Å². The molecule has 0 aliphatic carbocycles. The summed E-state index contributed by atoms with van der Waals surface area (Å²) in [5, 5.41) is 0. The van der Waals surface area contributed by atoms with Gasteiger partial charge in [0.1, 0.15) is 0 Å². The Balaban J connectivity index is 3.04. The van der Waals surface area contributed by atoms with Gasteiger partial charge in [0.15, 0.2) is 0 Å². The Morgan fingerprint density at radius 2 is 1.69 bits per heavy atom. The smallest absolute Gasteiger partial charge is 0.00395 e. The van der Waals surface area contributed by atoms with Gasteiger partial charge in [-0.25, -0.2) is 0 Å². The van der Waals surface area contributed by atoms with Gasteiger partial charge in [-0.2, -0.15) is 12.6 Å². The SMILES string of the molecule is CC(C)CC(C)(c1ccccc1)C(C)CS. The molecule has 2 atom stereocenters. The summed E-state index contributed by atoms with van der Waals surface area (Å²) in [4.78, 5) is 0. The normalized spacial score (nSPS) is 17.1. The third-order valence-corrected chi connectivity index (χ3v) is 4.17. The topological polar surface area (TPSA) is 0 Å². The largest absolute Gasteiger partial charge is 0.179 e.